The van der Waals surface area contributed by atoms with E-state index in [1.165, 1.54) is 12.8 Å². The number of hydrogen-bond acceptors (Lipinski definition) is 2. The van der Waals surface area contributed by atoms with Crippen molar-refractivity contribution in [1.82, 2.24) is 5.32 Å². The molecule has 0 aromatic rings. The van der Waals surface area contributed by atoms with Gasteiger partial charge in [-0.1, -0.05) is 26.7 Å². The van der Waals surface area contributed by atoms with Crippen molar-refractivity contribution < 1.29 is 4.79 Å². The van der Waals surface area contributed by atoms with Crippen LogP contribution in [0.3, 0.4) is 0 Å². The third-order valence-electron chi connectivity index (χ3n) is 4.31. The first-order valence-corrected chi connectivity index (χ1v) is 6.78. The van der Waals surface area contributed by atoms with Crippen LogP contribution in [0.4, 0.5) is 0 Å². The number of nitrogens with one attached hydrogen (secondary N) is 1. The quantitative estimate of drug-likeness (QED) is 0.798. The molecule has 0 aromatic heterocycles. The van der Waals surface area contributed by atoms with Gasteiger partial charge in [0.1, 0.15) is 5.41 Å². The van der Waals surface area contributed by atoms with E-state index < -0.39 is 5.41 Å². The highest BCUT2D eigenvalue weighted by atomic mass is 16.2. The zero-order chi connectivity index (χ0) is 12.5. The minimum Gasteiger partial charge on any atom is -0.352 e. The van der Waals surface area contributed by atoms with Gasteiger partial charge >= 0.3 is 0 Å². The van der Waals surface area contributed by atoms with Gasteiger partial charge in [-0.2, -0.15) is 5.26 Å². The summed E-state index contributed by atoms with van der Waals surface area (Å²) in [5.74, 6) is 1.20. The van der Waals surface area contributed by atoms with E-state index in [0.717, 1.165) is 25.7 Å². The number of nitriles is 1. The average Bonchev–Trinajstić information content (AvgIpc) is 2.24. The fraction of sp³-hybridized carbons (Fsp3) is 0.857. The third-order valence-corrected chi connectivity index (χ3v) is 4.31. The molecule has 0 heterocycles. The van der Waals surface area contributed by atoms with Crippen LogP contribution in [0.25, 0.3) is 0 Å². The van der Waals surface area contributed by atoms with Crippen LogP contribution in [-0.2, 0) is 4.79 Å². The van der Waals surface area contributed by atoms with Crippen molar-refractivity contribution >= 4 is 5.91 Å². The van der Waals surface area contributed by atoms with Crippen molar-refractivity contribution in [2.45, 2.75) is 58.4 Å². The smallest absolute Gasteiger partial charge is 0.240 e. The summed E-state index contributed by atoms with van der Waals surface area (Å²) in [4.78, 5) is 12.2. The summed E-state index contributed by atoms with van der Waals surface area (Å²) >= 11 is 0. The Labute approximate surface area is 104 Å². The van der Waals surface area contributed by atoms with Crippen molar-refractivity contribution in [3.63, 3.8) is 0 Å². The number of amides is 1. The Hall–Kier alpha value is -1.04. The lowest BCUT2D eigenvalue weighted by Crippen LogP contribution is -2.51. The van der Waals surface area contributed by atoms with E-state index in [1.54, 1.807) is 0 Å². The first-order valence-electron chi connectivity index (χ1n) is 6.78. The molecule has 2 fully saturated rings. The molecular weight excluding hydrogens is 212 g/mol. The summed E-state index contributed by atoms with van der Waals surface area (Å²) in [6.45, 7) is 4.34. The summed E-state index contributed by atoms with van der Waals surface area (Å²) < 4.78 is 0. The molecule has 17 heavy (non-hydrogen) atoms. The Bertz CT molecular complexity index is 339. The Morgan fingerprint density at radius 3 is 2.53 bits per heavy atom. The Morgan fingerprint density at radius 1 is 1.29 bits per heavy atom. The van der Waals surface area contributed by atoms with Crippen LogP contribution in [-0.4, -0.2) is 11.9 Å². The number of carbonyl (C=O) groups excluding carboxylic acids is 1. The van der Waals surface area contributed by atoms with Crippen molar-refractivity contribution in [2.75, 3.05) is 0 Å². The van der Waals surface area contributed by atoms with E-state index in [2.05, 4.69) is 25.2 Å². The molecule has 2 atom stereocenters. The molecule has 3 heteroatoms. The molecule has 0 spiro atoms. The lowest BCUT2D eigenvalue weighted by Gasteiger charge is -2.40. The first kappa shape index (κ1) is 12.4. The van der Waals surface area contributed by atoms with Crippen molar-refractivity contribution in [1.29, 1.82) is 5.26 Å². The van der Waals surface area contributed by atoms with E-state index in [-0.39, 0.29) is 5.91 Å². The van der Waals surface area contributed by atoms with Crippen LogP contribution in [0, 0.1) is 28.6 Å². The second-order valence-electron chi connectivity index (χ2n) is 6.15. The number of carbonyl (C=O) groups is 1. The molecule has 2 aliphatic carbocycles. The summed E-state index contributed by atoms with van der Waals surface area (Å²) in [5, 5.41) is 12.3. The molecule has 0 aromatic carbocycles. The molecular formula is C14H22N2O. The number of hydrogen-bond donors (Lipinski definition) is 1. The van der Waals surface area contributed by atoms with Crippen LogP contribution in [0.15, 0.2) is 0 Å². The second-order valence-corrected chi connectivity index (χ2v) is 6.15. The van der Waals surface area contributed by atoms with E-state index in [1.807, 2.05) is 0 Å². The fourth-order valence-electron chi connectivity index (χ4n) is 3.35. The number of rotatable bonds is 2. The van der Waals surface area contributed by atoms with Gasteiger partial charge in [0.15, 0.2) is 0 Å². The minimum absolute atomic E-state index is 0.0165. The number of nitrogens with zero attached hydrogens (tertiary/aromatic N) is 1. The third kappa shape index (κ3) is 2.46. The standard InChI is InChI=1S/C14H22N2O/c1-10-4-3-5-12(6-10)16-13(17)14(9-15)7-11(2)8-14/h10-12H,3-8H2,1-2H3,(H,16,17). The van der Waals surface area contributed by atoms with Crippen LogP contribution in [0.2, 0.25) is 0 Å². The van der Waals surface area contributed by atoms with Gasteiger partial charge in [0.05, 0.1) is 6.07 Å². The first-order chi connectivity index (χ1) is 8.05. The monoisotopic (exact) mass is 234 g/mol. The van der Waals surface area contributed by atoms with Crippen LogP contribution >= 0.6 is 0 Å². The molecule has 0 aliphatic heterocycles. The van der Waals surface area contributed by atoms with Gasteiger partial charge in [-0.3, -0.25) is 4.79 Å². The molecule has 2 unspecified atom stereocenters. The van der Waals surface area contributed by atoms with Crippen LogP contribution in [0.5, 0.6) is 0 Å². The molecule has 0 bridgehead atoms. The highest BCUT2D eigenvalue weighted by Crippen LogP contribution is 2.45. The Kier molecular flexibility index (Phi) is 3.42. The van der Waals surface area contributed by atoms with E-state index in [4.69, 9.17) is 0 Å². The zero-order valence-electron chi connectivity index (χ0n) is 10.8. The highest BCUT2D eigenvalue weighted by molar-refractivity contribution is 5.86. The topological polar surface area (TPSA) is 52.9 Å². The molecule has 1 amide bonds. The fourth-order valence-corrected chi connectivity index (χ4v) is 3.35. The lowest BCUT2D eigenvalue weighted by atomic mass is 9.63. The summed E-state index contributed by atoms with van der Waals surface area (Å²) in [5.41, 5.74) is -0.708. The van der Waals surface area contributed by atoms with Gasteiger partial charge in [0, 0.05) is 6.04 Å². The van der Waals surface area contributed by atoms with Crippen LogP contribution in [0.1, 0.15) is 52.4 Å². The van der Waals surface area contributed by atoms with Crippen molar-refractivity contribution in [3.05, 3.63) is 0 Å². The van der Waals surface area contributed by atoms with Crippen molar-refractivity contribution in [3.8, 4) is 6.07 Å². The van der Waals surface area contributed by atoms with Gasteiger partial charge in [-0.25, -0.2) is 0 Å². The molecule has 2 aliphatic rings. The highest BCUT2D eigenvalue weighted by Gasteiger charge is 2.49. The second kappa shape index (κ2) is 4.68. The normalized spacial score (nSPS) is 41.1. The lowest BCUT2D eigenvalue weighted by molar-refractivity contribution is -0.135. The predicted octanol–water partition coefficient (Wildman–Crippen LogP) is 2.62. The molecule has 0 radical (unpaired) electrons. The summed E-state index contributed by atoms with van der Waals surface area (Å²) in [7, 11) is 0. The molecule has 2 saturated carbocycles. The maximum absolute atomic E-state index is 12.2. The van der Waals surface area contributed by atoms with E-state index in [0.29, 0.717) is 17.9 Å². The summed E-state index contributed by atoms with van der Waals surface area (Å²) in [6.07, 6.45) is 6.08. The molecule has 2 rings (SSSR count). The Balaban J connectivity index is 1.90. The minimum atomic E-state index is -0.708. The molecule has 3 nitrogen and oxygen atoms in total. The van der Waals surface area contributed by atoms with E-state index >= 15 is 0 Å². The maximum atomic E-state index is 12.2. The van der Waals surface area contributed by atoms with Crippen LogP contribution < -0.4 is 5.32 Å². The largest absolute Gasteiger partial charge is 0.352 e. The van der Waals surface area contributed by atoms with Crippen molar-refractivity contribution in [2.24, 2.45) is 17.3 Å². The molecule has 0 saturated heterocycles. The average molecular weight is 234 g/mol. The van der Waals surface area contributed by atoms with Gasteiger partial charge in [0.2, 0.25) is 5.91 Å². The SMILES string of the molecule is CC1CCCC(NC(=O)C2(C#N)CC(C)C2)C1. The summed E-state index contributed by atoms with van der Waals surface area (Å²) in [6, 6.07) is 2.53. The predicted molar refractivity (Wildman–Crippen MR) is 66.0 cm³/mol. The maximum Gasteiger partial charge on any atom is 0.240 e. The van der Waals surface area contributed by atoms with Gasteiger partial charge < -0.3 is 5.32 Å². The molecule has 94 valence electrons. The van der Waals surface area contributed by atoms with E-state index in [9.17, 15) is 10.1 Å². The van der Waals surface area contributed by atoms with Gasteiger partial charge in [-0.15, -0.1) is 0 Å². The zero-order valence-corrected chi connectivity index (χ0v) is 10.8. The molecule has 1 N–H and O–H groups in total. The van der Waals surface area contributed by atoms with Gasteiger partial charge in [-0.05, 0) is 37.5 Å². The Morgan fingerprint density at radius 2 is 2.00 bits per heavy atom. The van der Waals surface area contributed by atoms with Gasteiger partial charge in [0.25, 0.3) is 0 Å².